The summed E-state index contributed by atoms with van der Waals surface area (Å²) in [6.07, 6.45) is 2.83. The third-order valence-corrected chi connectivity index (χ3v) is 4.49. The van der Waals surface area contributed by atoms with E-state index in [-0.39, 0.29) is 12.0 Å². The Hall–Kier alpha value is -2.83. The molecule has 1 aliphatic heterocycles. The van der Waals surface area contributed by atoms with Crippen LogP contribution in [0.5, 0.6) is 5.75 Å². The van der Waals surface area contributed by atoms with Gasteiger partial charge in [-0.25, -0.2) is 0 Å². The van der Waals surface area contributed by atoms with Crippen molar-refractivity contribution >= 4 is 11.6 Å². The minimum absolute atomic E-state index is 0.164. The van der Waals surface area contributed by atoms with Crippen LogP contribution in [0.25, 0.3) is 0 Å². The van der Waals surface area contributed by atoms with Crippen molar-refractivity contribution in [1.29, 1.82) is 0 Å². The number of nitrogens with zero attached hydrogens (tertiary/aromatic N) is 2. The van der Waals surface area contributed by atoms with Crippen LogP contribution in [0, 0.1) is 0 Å². The Labute approximate surface area is 145 Å². The van der Waals surface area contributed by atoms with E-state index < -0.39 is 0 Å². The molecule has 0 unspecified atom stereocenters. The fourth-order valence-corrected chi connectivity index (χ4v) is 2.85. The van der Waals surface area contributed by atoms with Crippen molar-refractivity contribution in [3.05, 3.63) is 47.3 Å². The number of nitrogens with one attached hydrogen (secondary N) is 2. The van der Waals surface area contributed by atoms with E-state index >= 15 is 0 Å². The molecule has 1 amide bonds. The molecule has 1 saturated carbocycles. The molecule has 0 radical (unpaired) electrons. The number of ether oxygens (including phenoxy) is 1. The Bertz CT molecular complexity index is 793. The molecule has 25 heavy (non-hydrogen) atoms. The normalized spacial score (nSPS) is 19.2. The Morgan fingerprint density at radius 1 is 1.36 bits per heavy atom. The molecule has 1 aliphatic carbocycles. The lowest BCUT2D eigenvalue weighted by Crippen LogP contribution is -2.32. The summed E-state index contributed by atoms with van der Waals surface area (Å²) in [4.78, 5) is 17.6. The number of amides is 1. The second-order valence-corrected chi connectivity index (χ2v) is 6.39. The molecule has 1 aromatic carbocycles. The van der Waals surface area contributed by atoms with E-state index in [0.717, 1.165) is 22.7 Å². The minimum atomic E-state index is -0.190. The van der Waals surface area contributed by atoms with Gasteiger partial charge in [0.05, 0.1) is 19.4 Å². The fraction of sp³-hybridized carbons (Fsp3) is 0.389. The molecule has 0 spiro atoms. The molecule has 2 N–H and O–H groups in total. The van der Waals surface area contributed by atoms with Crippen LogP contribution in [0.15, 0.2) is 35.5 Å². The molecule has 2 heterocycles. The number of aromatic amines is 1. The molecule has 130 valence electrons. The molecule has 1 atom stereocenters. The zero-order valence-corrected chi connectivity index (χ0v) is 14.0. The minimum Gasteiger partial charge on any atom is -0.497 e. The maximum absolute atomic E-state index is 12.2. The van der Waals surface area contributed by atoms with Gasteiger partial charge >= 0.3 is 0 Å². The Morgan fingerprint density at radius 2 is 2.16 bits per heavy atom. The van der Waals surface area contributed by atoms with E-state index in [0.29, 0.717) is 24.6 Å². The van der Waals surface area contributed by atoms with Crippen molar-refractivity contribution in [1.82, 2.24) is 15.5 Å². The number of H-pyrrole nitrogens is 1. The number of oxime groups is 1. The van der Waals surface area contributed by atoms with Crippen LogP contribution in [0.3, 0.4) is 0 Å². The topological polar surface area (TPSA) is 88.6 Å². The predicted molar refractivity (Wildman–Crippen MR) is 91.9 cm³/mol. The van der Waals surface area contributed by atoms with Crippen LogP contribution in [-0.2, 0) is 4.84 Å². The first-order chi connectivity index (χ1) is 12.2. The van der Waals surface area contributed by atoms with Gasteiger partial charge in [-0.1, -0.05) is 5.16 Å². The largest absolute Gasteiger partial charge is 0.497 e. The summed E-state index contributed by atoms with van der Waals surface area (Å²) in [5, 5.41) is 14.0. The number of carbonyl (C=O) groups excluding carboxylic acids is 1. The summed E-state index contributed by atoms with van der Waals surface area (Å²) in [5.41, 5.74) is 3.34. The number of rotatable bonds is 6. The molecule has 1 aromatic heterocycles. The Morgan fingerprint density at radius 3 is 2.88 bits per heavy atom. The summed E-state index contributed by atoms with van der Waals surface area (Å²) in [5.74, 6) is 1.16. The van der Waals surface area contributed by atoms with Crippen LogP contribution < -0.4 is 10.1 Å². The molecule has 0 bridgehead atoms. The van der Waals surface area contributed by atoms with E-state index in [4.69, 9.17) is 9.57 Å². The zero-order valence-electron chi connectivity index (χ0n) is 14.0. The number of benzene rings is 1. The molecule has 1 fully saturated rings. The third-order valence-electron chi connectivity index (χ3n) is 4.49. The van der Waals surface area contributed by atoms with Gasteiger partial charge in [-0.3, -0.25) is 9.89 Å². The van der Waals surface area contributed by atoms with Gasteiger partial charge in [0.2, 0.25) is 0 Å². The smallest absolute Gasteiger partial charge is 0.271 e. The first-order valence-corrected chi connectivity index (χ1v) is 8.43. The van der Waals surface area contributed by atoms with Crippen LogP contribution in [0.4, 0.5) is 0 Å². The third kappa shape index (κ3) is 3.50. The van der Waals surface area contributed by atoms with Gasteiger partial charge in [0, 0.05) is 18.0 Å². The van der Waals surface area contributed by atoms with Gasteiger partial charge in [-0.15, -0.1) is 0 Å². The van der Waals surface area contributed by atoms with Crippen molar-refractivity contribution in [2.45, 2.75) is 31.3 Å². The quantitative estimate of drug-likeness (QED) is 0.844. The lowest BCUT2D eigenvalue weighted by molar-refractivity contribution is 0.0751. The van der Waals surface area contributed by atoms with Crippen molar-refractivity contribution in [2.75, 3.05) is 13.7 Å². The highest BCUT2D eigenvalue weighted by Gasteiger charge is 2.27. The standard InChI is InChI=1S/C18H20N4O3/c1-24-13-6-4-12(5-7-13)16-8-14(25-22-16)10-19-18(23)17-9-15(20-21-17)11-2-3-11/h4-7,9,11,14H,2-3,8,10H2,1H3,(H,19,23)(H,20,21)/t14-/m0/s1. The van der Waals surface area contributed by atoms with Crippen molar-refractivity contribution in [3.8, 4) is 5.75 Å². The first kappa shape index (κ1) is 15.7. The molecular weight excluding hydrogens is 320 g/mol. The molecule has 7 heteroatoms. The zero-order chi connectivity index (χ0) is 17.2. The highest BCUT2D eigenvalue weighted by Crippen LogP contribution is 2.38. The van der Waals surface area contributed by atoms with Gasteiger partial charge < -0.3 is 14.9 Å². The van der Waals surface area contributed by atoms with Crippen molar-refractivity contribution in [3.63, 3.8) is 0 Å². The van der Waals surface area contributed by atoms with E-state index in [1.165, 1.54) is 12.8 Å². The van der Waals surface area contributed by atoms with Gasteiger partial charge in [0.25, 0.3) is 5.91 Å². The number of hydrogen-bond donors (Lipinski definition) is 2. The predicted octanol–water partition coefficient (Wildman–Crippen LogP) is 2.22. The van der Waals surface area contributed by atoms with E-state index in [1.807, 2.05) is 30.3 Å². The second-order valence-electron chi connectivity index (χ2n) is 6.39. The molecule has 0 saturated heterocycles. The molecular formula is C18H20N4O3. The monoisotopic (exact) mass is 340 g/mol. The number of methoxy groups -OCH3 is 1. The van der Waals surface area contributed by atoms with Gasteiger partial charge in [-0.2, -0.15) is 5.10 Å². The van der Waals surface area contributed by atoms with Gasteiger partial charge in [0.1, 0.15) is 17.5 Å². The number of aromatic nitrogens is 2. The first-order valence-electron chi connectivity index (χ1n) is 8.43. The average molecular weight is 340 g/mol. The summed E-state index contributed by atoms with van der Waals surface area (Å²) < 4.78 is 5.15. The average Bonchev–Trinajstić information content (AvgIpc) is 3.19. The van der Waals surface area contributed by atoms with Crippen molar-refractivity contribution < 1.29 is 14.4 Å². The van der Waals surface area contributed by atoms with Crippen LogP contribution in [0.1, 0.15) is 46.9 Å². The molecule has 2 aromatic rings. The van der Waals surface area contributed by atoms with E-state index in [1.54, 1.807) is 7.11 Å². The second kappa shape index (κ2) is 6.58. The summed E-state index contributed by atoms with van der Waals surface area (Å²) in [6.45, 7) is 0.396. The maximum atomic E-state index is 12.2. The van der Waals surface area contributed by atoms with Crippen LogP contribution in [-0.4, -0.2) is 41.6 Å². The number of hydrogen-bond acceptors (Lipinski definition) is 5. The Kier molecular flexibility index (Phi) is 4.13. The highest BCUT2D eigenvalue weighted by molar-refractivity contribution is 6.01. The van der Waals surface area contributed by atoms with Crippen LogP contribution in [0.2, 0.25) is 0 Å². The summed E-state index contributed by atoms with van der Waals surface area (Å²) >= 11 is 0. The van der Waals surface area contributed by atoms with E-state index in [9.17, 15) is 4.79 Å². The van der Waals surface area contributed by atoms with Gasteiger partial charge in [0.15, 0.2) is 0 Å². The summed E-state index contributed by atoms with van der Waals surface area (Å²) in [6, 6.07) is 9.52. The lowest BCUT2D eigenvalue weighted by Gasteiger charge is -2.08. The molecule has 2 aliphatic rings. The SMILES string of the molecule is COc1ccc(C2=NO[C@H](CNC(=O)c3cc(C4CC4)[nH]n3)C2)cc1. The maximum Gasteiger partial charge on any atom is 0.271 e. The molecule has 4 rings (SSSR count). The number of carbonyl (C=O) groups is 1. The highest BCUT2D eigenvalue weighted by atomic mass is 16.6. The van der Waals surface area contributed by atoms with Crippen LogP contribution >= 0.6 is 0 Å². The molecule has 7 nitrogen and oxygen atoms in total. The summed E-state index contributed by atoms with van der Waals surface area (Å²) in [7, 11) is 1.64. The van der Waals surface area contributed by atoms with Crippen molar-refractivity contribution in [2.24, 2.45) is 5.16 Å². The fourth-order valence-electron chi connectivity index (χ4n) is 2.85. The lowest BCUT2D eigenvalue weighted by atomic mass is 10.0. The van der Waals surface area contributed by atoms with E-state index in [2.05, 4.69) is 20.7 Å². The Balaban J connectivity index is 1.28. The van der Waals surface area contributed by atoms with Gasteiger partial charge in [-0.05, 0) is 48.7 Å².